The zero-order valence-corrected chi connectivity index (χ0v) is 11.0. The Balaban J connectivity index is 2.22. The Labute approximate surface area is 99.6 Å². The zero-order chi connectivity index (χ0) is 11.8. The van der Waals surface area contributed by atoms with Gasteiger partial charge in [-0.05, 0) is 12.2 Å². The number of sulfone groups is 1. The molecule has 1 fully saturated rings. The number of rotatable bonds is 3. The highest BCUT2D eigenvalue weighted by molar-refractivity contribution is 7.99. The van der Waals surface area contributed by atoms with Gasteiger partial charge in [-0.15, -0.1) is 10.2 Å². The number of thioether (sulfide) groups is 1. The third-order valence-electron chi connectivity index (χ3n) is 2.74. The summed E-state index contributed by atoms with van der Waals surface area (Å²) in [5, 5.41) is 9.05. The molecule has 90 valence electrons. The van der Waals surface area contributed by atoms with Crippen molar-refractivity contribution >= 4 is 21.6 Å². The highest BCUT2D eigenvalue weighted by atomic mass is 32.2. The van der Waals surface area contributed by atoms with Crippen molar-refractivity contribution in [3.8, 4) is 0 Å². The summed E-state index contributed by atoms with van der Waals surface area (Å²) in [6.07, 6.45) is 0.672. The Kier molecular flexibility index (Phi) is 3.25. The van der Waals surface area contributed by atoms with Gasteiger partial charge in [0.15, 0.2) is 15.0 Å². The molecule has 0 saturated carbocycles. The van der Waals surface area contributed by atoms with Gasteiger partial charge in [0.05, 0.1) is 11.5 Å². The van der Waals surface area contributed by atoms with Crippen LogP contribution >= 0.6 is 11.8 Å². The monoisotopic (exact) mass is 261 g/mol. The van der Waals surface area contributed by atoms with E-state index >= 15 is 0 Å². The van der Waals surface area contributed by atoms with Crippen LogP contribution in [-0.2, 0) is 16.9 Å². The molecule has 1 aliphatic heterocycles. The molecule has 1 aliphatic rings. The first-order chi connectivity index (χ1) is 7.53. The molecule has 5 nitrogen and oxygen atoms in total. The Morgan fingerprint density at radius 2 is 2.25 bits per heavy atom. The summed E-state index contributed by atoms with van der Waals surface area (Å²) in [6.45, 7) is 2.05. The van der Waals surface area contributed by atoms with Crippen LogP contribution in [0.1, 0.15) is 25.1 Å². The molecule has 1 aromatic rings. The van der Waals surface area contributed by atoms with E-state index in [2.05, 4.69) is 17.1 Å². The van der Waals surface area contributed by atoms with Gasteiger partial charge < -0.3 is 4.57 Å². The maximum atomic E-state index is 11.4. The van der Waals surface area contributed by atoms with E-state index in [1.807, 2.05) is 11.6 Å². The van der Waals surface area contributed by atoms with Crippen molar-refractivity contribution in [1.29, 1.82) is 0 Å². The van der Waals surface area contributed by atoms with Gasteiger partial charge >= 0.3 is 0 Å². The number of hydrogen-bond donors (Lipinski definition) is 0. The normalized spacial score (nSPS) is 23.8. The molecule has 0 N–H and O–H groups in total. The molecule has 1 atom stereocenters. The topological polar surface area (TPSA) is 64.8 Å². The maximum absolute atomic E-state index is 11.4. The summed E-state index contributed by atoms with van der Waals surface area (Å²) in [4.78, 5) is 0. The molecule has 0 amide bonds. The Morgan fingerprint density at radius 1 is 1.50 bits per heavy atom. The Morgan fingerprint density at radius 3 is 2.81 bits per heavy atom. The average molecular weight is 261 g/mol. The fourth-order valence-corrected chi connectivity index (χ4v) is 4.32. The predicted molar refractivity (Wildman–Crippen MR) is 63.4 cm³/mol. The van der Waals surface area contributed by atoms with Crippen molar-refractivity contribution in [1.82, 2.24) is 14.8 Å². The summed E-state index contributed by atoms with van der Waals surface area (Å²) >= 11 is 1.62. The summed E-state index contributed by atoms with van der Waals surface area (Å²) in [5.41, 5.74) is 0. The lowest BCUT2D eigenvalue weighted by Crippen LogP contribution is -2.09. The van der Waals surface area contributed by atoms with Crippen LogP contribution in [0.2, 0.25) is 0 Å². The van der Waals surface area contributed by atoms with Gasteiger partial charge in [0, 0.05) is 13.0 Å². The van der Waals surface area contributed by atoms with E-state index < -0.39 is 9.84 Å². The third kappa shape index (κ3) is 2.24. The van der Waals surface area contributed by atoms with Crippen LogP contribution in [0.4, 0.5) is 0 Å². The number of hydrogen-bond acceptors (Lipinski definition) is 5. The van der Waals surface area contributed by atoms with E-state index in [4.69, 9.17) is 0 Å². The van der Waals surface area contributed by atoms with Crippen LogP contribution in [0.15, 0.2) is 5.16 Å². The smallest absolute Gasteiger partial charge is 0.190 e. The summed E-state index contributed by atoms with van der Waals surface area (Å²) < 4.78 is 24.7. The van der Waals surface area contributed by atoms with E-state index in [0.717, 1.165) is 16.7 Å². The molecule has 0 aliphatic carbocycles. The largest absolute Gasteiger partial charge is 0.309 e. The SMILES string of the molecule is CCSc1nnc(C2CCS(=O)(=O)C2)n1C. The first-order valence-corrected chi connectivity index (χ1v) is 8.06. The summed E-state index contributed by atoms with van der Waals surface area (Å²) in [5.74, 6) is 2.26. The Bertz CT molecular complexity index is 481. The summed E-state index contributed by atoms with van der Waals surface area (Å²) in [7, 11) is -0.950. The van der Waals surface area contributed by atoms with Gasteiger partial charge in [-0.25, -0.2) is 8.42 Å². The first-order valence-electron chi connectivity index (χ1n) is 5.26. The molecule has 1 aromatic heterocycles. The minimum Gasteiger partial charge on any atom is -0.309 e. The molecule has 2 heterocycles. The van der Waals surface area contributed by atoms with Gasteiger partial charge in [-0.2, -0.15) is 0 Å². The molecule has 1 saturated heterocycles. The summed E-state index contributed by atoms with van der Waals surface area (Å²) in [6, 6.07) is 0. The van der Waals surface area contributed by atoms with Crippen molar-refractivity contribution in [2.45, 2.75) is 24.4 Å². The lowest BCUT2D eigenvalue weighted by molar-refractivity contribution is 0.599. The third-order valence-corrected chi connectivity index (χ3v) is 5.41. The van der Waals surface area contributed by atoms with Gasteiger partial charge in [-0.1, -0.05) is 18.7 Å². The van der Waals surface area contributed by atoms with Crippen molar-refractivity contribution in [3.63, 3.8) is 0 Å². The van der Waals surface area contributed by atoms with Crippen LogP contribution in [0.3, 0.4) is 0 Å². The van der Waals surface area contributed by atoms with Crippen molar-refractivity contribution in [2.24, 2.45) is 7.05 Å². The van der Waals surface area contributed by atoms with Crippen molar-refractivity contribution in [3.05, 3.63) is 5.82 Å². The second-order valence-corrected chi connectivity index (χ2v) is 7.39. The molecule has 0 spiro atoms. The number of aromatic nitrogens is 3. The van der Waals surface area contributed by atoms with E-state index in [1.54, 1.807) is 11.8 Å². The first kappa shape index (κ1) is 11.9. The minimum atomic E-state index is -2.85. The van der Waals surface area contributed by atoms with E-state index in [0.29, 0.717) is 6.42 Å². The van der Waals surface area contributed by atoms with E-state index in [9.17, 15) is 8.42 Å². The lowest BCUT2D eigenvalue weighted by Gasteiger charge is -2.07. The fourth-order valence-electron chi connectivity index (χ4n) is 1.94. The van der Waals surface area contributed by atoms with Crippen molar-refractivity contribution in [2.75, 3.05) is 17.3 Å². The van der Waals surface area contributed by atoms with Gasteiger partial charge in [0.25, 0.3) is 0 Å². The molecule has 0 bridgehead atoms. The molecule has 1 unspecified atom stereocenters. The molecule has 0 radical (unpaired) electrons. The zero-order valence-electron chi connectivity index (χ0n) is 9.38. The Hall–Kier alpha value is -0.560. The predicted octanol–water partition coefficient (Wildman–Crippen LogP) is 0.829. The molecule has 2 rings (SSSR count). The molecule has 16 heavy (non-hydrogen) atoms. The van der Waals surface area contributed by atoms with Crippen LogP contribution in [0.25, 0.3) is 0 Å². The molecule has 0 aromatic carbocycles. The van der Waals surface area contributed by atoms with Gasteiger partial charge in [0.2, 0.25) is 0 Å². The molecular weight excluding hydrogens is 246 g/mol. The van der Waals surface area contributed by atoms with E-state index in [-0.39, 0.29) is 17.4 Å². The minimum absolute atomic E-state index is 0.0220. The second-order valence-electron chi connectivity index (χ2n) is 3.93. The van der Waals surface area contributed by atoms with Gasteiger partial charge in [0.1, 0.15) is 5.82 Å². The highest BCUT2D eigenvalue weighted by Crippen LogP contribution is 2.29. The highest BCUT2D eigenvalue weighted by Gasteiger charge is 2.32. The van der Waals surface area contributed by atoms with Crippen LogP contribution in [-0.4, -0.2) is 40.4 Å². The van der Waals surface area contributed by atoms with E-state index in [1.165, 1.54) is 0 Å². The van der Waals surface area contributed by atoms with Crippen LogP contribution in [0, 0.1) is 0 Å². The van der Waals surface area contributed by atoms with Gasteiger partial charge in [-0.3, -0.25) is 0 Å². The lowest BCUT2D eigenvalue weighted by atomic mass is 10.1. The average Bonchev–Trinajstić information content (AvgIpc) is 2.72. The quantitative estimate of drug-likeness (QED) is 0.754. The molecule has 7 heteroatoms. The maximum Gasteiger partial charge on any atom is 0.190 e. The van der Waals surface area contributed by atoms with Crippen LogP contribution in [0.5, 0.6) is 0 Å². The van der Waals surface area contributed by atoms with Crippen LogP contribution < -0.4 is 0 Å². The fraction of sp³-hybridized carbons (Fsp3) is 0.778. The second kappa shape index (κ2) is 4.37. The van der Waals surface area contributed by atoms with Crippen molar-refractivity contribution < 1.29 is 8.42 Å². The number of nitrogens with zero attached hydrogens (tertiary/aromatic N) is 3. The standard InChI is InChI=1S/C9H15N3O2S2/c1-3-15-9-11-10-8(12(9)2)7-4-5-16(13,14)6-7/h7H,3-6H2,1-2H3. The molecular formula is C9H15N3O2S2.